The SMILES string of the molecule is O=C(/C(=C/c1ccc(Cl)cc1Cl)Oc1ccc2c(CN(CCO)CCO)cc(=O)oc2c1)c1nccs1. The maximum Gasteiger partial charge on any atom is 0.336 e. The molecule has 0 atom stereocenters. The van der Waals surface area contributed by atoms with Gasteiger partial charge in [0, 0.05) is 58.8 Å². The number of fused-ring (bicyclic) bond motifs is 1. The minimum absolute atomic E-state index is 0.0332. The quantitative estimate of drug-likeness (QED) is 0.118. The summed E-state index contributed by atoms with van der Waals surface area (Å²) in [4.78, 5) is 31.4. The Balaban J connectivity index is 1.71. The van der Waals surface area contributed by atoms with Crippen LogP contribution >= 0.6 is 34.5 Å². The van der Waals surface area contributed by atoms with Crippen LogP contribution < -0.4 is 10.4 Å². The van der Waals surface area contributed by atoms with Gasteiger partial charge in [0.15, 0.2) is 10.8 Å². The molecule has 4 rings (SSSR count). The first-order valence-corrected chi connectivity index (χ1v) is 12.8. The third-order valence-electron chi connectivity index (χ3n) is 5.36. The Kier molecular flexibility index (Phi) is 9.09. The van der Waals surface area contributed by atoms with Crippen LogP contribution in [0, 0.1) is 0 Å². The van der Waals surface area contributed by atoms with Crippen molar-refractivity contribution in [1.82, 2.24) is 9.88 Å². The van der Waals surface area contributed by atoms with Crippen molar-refractivity contribution in [2.75, 3.05) is 26.3 Å². The number of halogens is 2. The lowest BCUT2D eigenvalue weighted by atomic mass is 10.1. The van der Waals surface area contributed by atoms with Gasteiger partial charge < -0.3 is 19.4 Å². The first-order valence-electron chi connectivity index (χ1n) is 11.2. The minimum Gasteiger partial charge on any atom is -0.453 e. The van der Waals surface area contributed by atoms with E-state index in [0.29, 0.717) is 46.2 Å². The zero-order valence-corrected chi connectivity index (χ0v) is 21.7. The van der Waals surface area contributed by atoms with Crippen LogP contribution in [0.5, 0.6) is 5.75 Å². The molecule has 8 nitrogen and oxygen atoms in total. The van der Waals surface area contributed by atoms with E-state index in [9.17, 15) is 19.8 Å². The predicted molar refractivity (Wildman–Crippen MR) is 143 cm³/mol. The van der Waals surface area contributed by atoms with Gasteiger partial charge in [-0.05, 0) is 41.5 Å². The number of carbonyl (C=O) groups excluding carboxylic acids is 1. The molecule has 4 aromatic rings. The maximum absolute atomic E-state index is 13.2. The molecule has 0 saturated heterocycles. The molecule has 2 aromatic heterocycles. The Hall–Kier alpha value is -3.05. The highest BCUT2D eigenvalue weighted by atomic mass is 35.5. The summed E-state index contributed by atoms with van der Waals surface area (Å²) in [6.45, 7) is 0.828. The second-order valence-electron chi connectivity index (χ2n) is 7.91. The molecule has 0 aliphatic carbocycles. The Labute approximate surface area is 226 Å². The van der Waals surface area contributed by atoms with E-state index in [1.54, 1.807) is 35.7 Å². The lowest BCUT2D eigenvalue weighted by molar-refractivity contribution is 0.0988. The van der Waals surface area contributed by atoms with Crippen LogP contribution in [-0.4, -0.2) is 52.2 Å². The van der Waals surface area contributed by atoms with Gasteiger partial charge in [0.25, 0.3) is 5.78 Å². The zero-order valence-electron chi connectivity index (χ0n) is 19.4. The molecule has 0 radical (unpaired) electrons. The van der Waals surface area contributed by atoms with E-state index in [4.69, 9.17) is 32.4 Å². The number of ether oxygens (including phenoxy) is 1. The van der Waals surface area contributed by atoms with Crippen LogP contribution in [0.15, 0.2) is 69.0 Å². The smallest absolute Gasteiger partial charge is 0.336 e. The minimum atomic E-state index is -0.560. The topological polar surface area (TPSA) is 113 Å². The molecular formula is C26H22Cl2N2O6S. The van der Waals surface area contributed by atoms with E-state index in [2.05, 4.69) is 4.98 Å². The van der Waals surface area contributed by atoms with Crippen LogP contribution in [0.4, 0.5) is 0 Å². The molecule has 0 aliphatic heterocycles. The third-order valence-corrected chi connectivity index (χ3v) is 6.69. The number of benzene rings is 2. The predicted octanol–water partition coefficient (Wildman–Crippen LogP) is 4.65. The average Bonchev–Trinajstić information content (AvgIpc) is 3.40. The molecule has 0 amide bonds. The van der Waals surface area contributed by atoms with Crippen LogP contribution in [0.2, 0.25) is 10.0 Å². The Morgan fingerprint density at radius 1 is 1.11 bits per heavy atom. The molecule has 0 fully saturated rings. The van der Waals surface area contributed by atoms with Gasteiger partial charge in [0.1, 0.15) is 11.3 Å². The fourth-order valence-corrected chi connectivity index (χ4v) is 4.71. The fourth-order valence-electron chi connectivity index (χ4n) is 3.67. The molecule has 0 unspecified atom stereocenters. The van der Waals surface area contributed by atoms with Gasteiger partial charge >= 0.3 is 5.63 Å². The summed E-state index contributed by atoms with van der Waals surface area (Å²) in [6.07, 6.45) is 3.02. The summed E-state index contributed by atoms with van der Waals surface area (Å²) < 4.78 is 11.4. The number of thiazole rings is 1. The molecule has 192 valence electrons. The van der Waals surface area contributed by atoms with E-state index in [1.165, 1.54) is 35.7 Å². The first-order chi connectivity index (χ1) is 17.9. The zero-order chi connectivity index (χ0) is 26.4. The fraction of sp³-hybridized carbons (Fsp3) is 0.192. The number of hydrogen-bond donors (Lipinski definition) is 2. The number of aliphatic hydroxyl groups is 2. The van der Waals surface area contributed by atoms with Gasteiger partial charge in [-0.3, -0.25) is 9.69 Å². The molecule has 2 aromatic carbocycles. The second kappa shape index (κ2) is 12.5. The van der Waals surface area contributed by atoms with E-state index in [-0.39, 0.29) is 35.3 Å². The van der Waals surface area contributed by atoms with Crippen LogP contribution in [0.25, 0.3) is 17.0 Å². The van der Waals surface area contributed by atoms with Gasteiger partial charge in [-0.1, -0.05) is 29.3 Å². The molecule has 0 saturated carbocycles. The lowest BCUT2D eigenvalue weighted by Gasteiger charge is -2.20. The Morgan fingerprint density at radius 3 is 2.57 bits per heavy atom. The number of aromatic nitrogens is 1. The monoisotopic (exact) mass is 560 g/mol. The molecule has 0 aliphatic rings. The number of ketones is 1. The Morgan fingerprint density at radius 2 is 1.89 bits per heavy atom. The van der Waals surface area contributed by atoms with Crippen molar-refractivity contribution in [3.05, 3.63) is 96.4 Å². The number of hydrogen-bond acceptors (Lipinski definition) is 9. The van der Waals surface area contributed by atoms with Gasteiger partial charge in [0.2, 0.25) is 0 Å². The molecule has 37 heavy (non-hydrogen) atoms. The molecule has 0 spiro atoms. The molecule has 0 bridgehead atoms. The summed E-state index contributed by atoms with van der Waals surface area (Å²) in [5, 5.41) is 22.0. The average molecular weight is 561 g/mol. The third kappa shape index (κ3) is 6.84. The largest absolute Gasteiger partial charge is 0.453 e. The number of carbonyl (C=O) groups is 1. The number of nitrogens with zero attached hydrogens (tertiary/aromatic N) is 2. The van der Waals surface area contributed by atoms with Gasteiger partial charge in [-0.15, -0.1) is 11.3 Å². The molecule has 2 heterocycles. The van der Waals surface area contributed by atoms with Crippen LogP contribution in [0.3, 0.4) is 0 Å². The number of rotatable bonds is 11. The van der Waals surface area contributed by atoms with Crippen molar-refractivity contribution in [3.8, 4) is 5.75 Å². The number of Topliss-reactive ketones (excluding diaryl/α,β-unsaturated/α-hetero) is 1. The van der Waals surface area contributed by atoms with Crippen molar-refractivity contribution >= 4 is 57.4 Å². The summed E-state index contributed by atoms with van der Waals surface area (Å²) in [6, 6.07) is 11.1. The summed E-state index contributed by atoms with van der Waals surface area (Å²) in [5.74, 6) is -0.217. The van der Waals surface area contributed by atoms with E-state index < -0.39 is 11.4 Å². The van der Waals surface area contributed by atoms with Crippen LogP contribution in [0.1, 0.15) is 20.9 Å². The summed E-state index contributed by atoms with van der Waals surface area (Å²) >= 11 is 13.5. The van der Waals surface area contributed by atoms with E-state index in [0.717, 1.165) is 0 Å². The molecular weight excluding hydrogens is 539 g/mol. The summed E-state index contributed by atoms with van der Waals surface area (Å²) in [5.41, 5.74) is 0.893. The first kappa shape index (κ1) is 27.0. The van der Waals surface area contributed by atoms with Crippen molar-refractivity contribution in [1.29, 1.82) is 0 Å². The van der Waals surface area contributed by atoms with Gasteiger partial charge in [0.05, 0.1) is 13.2 Å². The van der Waals surface area contributed by atoms with Crippen molar-refractivity contribution in [2.24, 2.45) is 0 Å². The van der Waals surface area contributed by atoms with Crippen molar-refractivity contribution < 1.29 is 24.2 Å². The highest BCUT2D eigenvalue weighted by Crippen LogP contribution is 2.28. The highest BCUT2D eigenvalue weighted by Gasteiger charge is 2.19. The Bertz CT molecular complexity index is 1480. The van der Waals surface area contributed by atoms with Crippen molar-refractivity contribution in [2.45, 2.75) is 6.54 Å². The maximum atomic E-state index is 13.2. The number of aliphatic hydroxyl groups excluding tert-OH is 2. The van der Waals surface area contributed by atoms with Crippen molar-refractivity contribution in [3.63, 3.8) is 0 Å². The lowest BCUT2D eigenvalue weighted by Crippen LogP contribution is -2.29. The number of allylic oxidation sites excluding steroid dienone is 1. The molecule has 2 N–H and O–H groups in total. The summed E-state index contributed by atoms with van der Waals surface area (Å²) in [7, 11) is 0. The van der Waals surface area contributed by atoms with Gasteiger partial charge in [-0.25, -0.2) is 9.78 Å². The highest BCUT2D eigenvalue weighted by molar-refractivity contribution is 7.11. The molecule has 11 heteroatoms. The van der Waals surface area contributed by atoms with Crippen LogP contribution in [-0.2, 0) is 6.54 Å². The van der Waals surface area contributed by atoms with E-state index >= 15 is 0 Å². The van der Waals surface area contributed by atoms with E-state index in [1.807, 2.05) is 4.90 Å². The second-order valence-corrected chi connectivity index (χ2v) is 9.65. The standard InChI is InChI=1S/C26H22Cl2N2O6S/c27-18-2-1-16(21(28)13-18)11-23(25(34)26-29-5-10-37-26)35-19-3-4-20-17(12-24(33)36-22(20)14-19)15-30(6-8-31)7-9-32/h1-5,10-14,31-32H,6-9,15H2/b23-11-. The van der Waals surface area contributed by atoms with Gasteiger partial charge in [-0.2, -0.15) is 0 Å². The normalized spacial score (nSPS) is 11.9.